The van der Waals surface area contributed by atoms with E-state index in [1.165, 1.54) is 44.0 Å². The van der Waals surface area contributed by atoms with Crippen LogP contribution in [-0.4, -0.2) is 91.9 Å². The molecule has 0 aliphatic rings. The summed E-state index contributed by atoms with van der Waals surface area (Å²) in [5.74, 6) is -0.0981. The molecule has 0 fully saturated rings. The van der Waals surface area contributed by atoms with Crippen molar-refractivity contribution in [1.82, 2.24) is 39.9 Å². The van der Waals surface area contributed by atoms with Crippen molar-refractivity contribution < 1.29 is 51.3 Å². The highest BCUT2D eigenvalue weighted by atomic mass is 19.1. The number of hydrogen-bond donors (Lipinski definition) is 4. The number of benzene rings is 8. The van der Waals surface area contributed by atoms with E-state index in [1.807, 2.05) is 159 Å². The molecule has 23 heteroatoms. The molecule has 0 saturated carbocycles. The third-order valence-corrected chi connectivity index (χ3v) is 22.0. The van der Waals surface area contributed by atoms with E-state index in [-0.39, 0.29) is 46.4 Å². The van der Waals surface area contributed by atoms with Crippen LogP contribution >= 0.6 is 0 Å². The Balaban J connectivity index is 0.000000143. The van der Waals surface area contributed by atoms with E-state index in [9.17, 15) is 32.3 Å². The number of nitrogens with two attached hydrogens (primary N) is 4. The minimum absolute atomic E-state index is 0.0924. The Bertz CT molecular complexity index is 6400. The number of pyridine rings is 8. The molecule has 8 aromatic heterocycles. The quantitative estimate of drug-likeness (QED) is 0.0413. The number of carbonyl (C=O) groups is 4. The number of hydrogen-bond acceptors (Lipinski definition) is 16. The smallest absolute Gasteiger partial charge is 0.267 e. The molecule has 4 atom stereocenters. The lowest BCUT2D eigenvalue weighted by atomic mass is 9.92. The second kappa shape index (κ2) is 40.0. The minimum atomic E-state index is -0.661. The molecule has 0 spiro atoms. The van der Waals surface area contributed by atoms with Gasteiger partial charge in [0.25, 0.3) is 23.6 Å². The van der Waals surface area contributed by atoms with Crippen LogP contribution in [0.3, 0.4) is 0 Å². The summed E-state index contributed by atoms with van der Waals surface area (Å²) >= 11 is 0. The molecule has 0 saturated heterocycles. The molecule has 16 rings (SSSR count). The van der Waals surface area contributed by atoms with Crippen LogP contribution in [0.2, 0.25) is 0 Å². The van der Waals surface area contributed by atoms with Gasteiger partial charge in [-0.3, -0.25) is 39.1 Å². The molecule has 0 aliphatic heterocycles. The fourth-order valence-corrected chi connectivity index (χ4v) is 15.1. The largest absolute Gasteiger partial charge is 0.497 e. The van der Waals surface area contributed by atoms with E-state index in [0.717, 1.165) is 131 Å². The number of aromatic nitrogens is 8. The monoisotopic (exact) mass is 1670 g/mol. The molecule has 4 amide bonds. The molecule has 16 aromatic rings. The SMILES string of the molecule is COc1ccc(-c2cc(C(N)=O)nc3cc(C(C)Cc4ccc(C)nc4)ccc23)cc1.COc1ccc(-c2cc(C(N)=O)nc3cc(C(C)Cc4ccc(CF)nc4)ccc23)cc1.COc1ccc(-c2cc(C(N)=O)nc3cc(C(C)Cc4cccnc4)ccc23)c(F)c1.COc1ccc(-c2cc(C(N)=O)nc3cc(C(C)Cc4cccnc4)ccc23)c(F)c1. The van der Waals surface area contributed by atoms with E-state index < -0.39 is 41.9 Å². The number of amides is 4. The Labute approximate surface area is 722 Å². The third kappa shape index (κ3) is 21.4. The van der Waals surface area contributed by atoms with Crippen LogP contribution in [0.4, 0.5) is 13.2 Å². The summed E-state index contributed by atoms with van der Waals surface area (Å²) in [5, 5.41) is 3.39. The normalized spacial score (nSPS) is 12.0. The lowest BCUT2D eigenvalue weighted by Crippen LogP contribution is -2.13. The van der Waals surface area contributed by atoms with Gasteiger partial charge in [0, 0.05) is 87.7 Å². The van der Waals surface area contributed by atoms with Gasteiger partial charge in [-0.2, -0.15) is 0 Å². The number of rotatable bonds is 25. The molecule has 4 unspecified atom stereocenters. The second-order valence-electron chi connectivity index (χ2n) is 30.7. The van der Waals surface area contributed by atoms with Gasteiger partial charge in [-0.25, -0.2) is 33.1 Å². The van der Waals surface area contributed by atoms with Crippen LogP contribution < -0.4 is 41.9 Å². The van der Waals surface area contributed by atoms with Crippen molar-refractivity contribution in [3.8, 4) is 67.5 Å². The summed E-state index contributed by atoms with van der Waals surface area (Å²) in [4.78, 5) is 82.5. The first-order valence-corrected chi connectivity index (χ1v) is 40.5. The lowest BCUT2D eigenvalue weighted by molar-refractivity contribution is 0.0987. The van der Waals surface area contributed by atoms with Crippen molar-refractivity contribution >= 4 is 67.2 Å². The van der Waals surface area contributed by atoms with Gasteiger partial charge in [-0.1, -0.05) is 125 Å². The highest BCUT2D eigenvalue weighted by molar-refractivity contribution is 6.05. The zero-order valence-corrected chi connectivity index (χ0v) is 70.5. The van der Waals surface area contributed by atoms with Gasteiger partial charge in [-0.15, -0.1) is 0 Å². The number of nitrogens with zero attached hydrogens (tertiary/aromatic N) is 8. The van der Waals surface area contributed by atoms with Crippen molar-refractivity contribution in [3.05, 3.63) is 358 Å². The predicted octanol–water partition coefficient (Wildman–Crippen LogP) is 20.1. The van der Waals surface area contributed by atoms with E-state index >= 15 is 0 Å². The first-order valence-electron chi connectivity index (χ1n) is 40.5. The van der Waals surface area contributed by atoms with Crippen molar-refractivity contribution in [2.75, 3.05) is 28.4 Å². The molecule has 0 aliphatic carbocycles. The highest BCUT2D eigenvalue weighted by Crippen LogP contribution is 2.40. The van der Waals surface area contributed by atoms with Gasteiger partial charge < -0.3 is 41.9 Å². The zero-order valence-electron chi connectivity index (χ0n) is 70.5. The van der Waals surface area contributed by atoms with Gasteiger partial charge in [-0.05, 0) is 255 Å². The first-order chi connectivity index (χ1) is 60.3. The molecule has 20 nitrogen and oxygen atoms in total. The molecule has 8 heterocycles. The Kier molecular flexibility index (Phi) is 28.1. The predicted molar refractivity (Wildman–Crippen MR) is 484 cm³/mol. The molecule has 630 valence electrons. The number of aryl methyl sites for hydroxylation is 1. The van der Waals surface area contributed by atoms with E-state index in [2.05, 4.69) is 97.9 Å². The average Bonchev–Trinajstić information content (AvgIpc) is 0.779. The van der Waals surface area contributed by atoms with Crippen molar-refractivity contribution in [2.24, 2.45) is 22.9 Å². The maximum Gasteiger partial charge on any atom is 0.267 e. The van der Waals surface area contributed by atoms with Crippen molar-refractivity contribution in [1.29, 1.82) is 0 Å². The molecule has 8 aromatic carbocycles. The molecule has 8 N–H and O–H groups in total. The Hall–Kier alpha value is -15.1. The van der Waals surface area contributed by atoms with Gasteiger partial charge in [0.05, 0.1) is 56.2 Å². The average molecular weight is 1670 g/mol. The maximum atomic E-state index is 14.8. The van der Waals surface area contributed by atoms with Gasteiger partial charge >= 0.3 is 0 Å². The van der Waals surface area contributed by atoms with Crippen molar-refractivity contribution in [2.45, 2.75) is 90.6 Å². The fraction of sp³-hybridized carbons (Fsp3) is 0.176. The van der Waals surface area contributed by atoms with Crippen LogP contribution in [0.5, 0.6) is 23.0 Å². The van der Waals surface area contributed by atoms with E-state index in [4.69, 9.17) is 41.9 Å². The number of alkyl halides is 1. The van der Waals surface area contributed by atoms with Gasteiger partial charge in [0.2, 0.25) is 0 Å². The molecule has 125 heavy (non-hydrogen) atoms. The number of ether oxygens (including phenoxy) is 4. The first kappa shape index (κ1) is 87.7. The minimum Gasteiger partial charge on any atom is -0.497 e. The number of halogens is 3. The number of fused-ring (bicyclic) bond motifs is 4. The van der Waals surface area contributed by atoms with Gasteiger partial charge in [0.1, 0.15) is 64.1 Å². The number of primary amides is 4. The third-order valence-electron chi connectivity index (χ3n) is 22.0. The maximum absolute atomic E-state index is 14.8. The number of carbonyl (C=O) groups excluding carboxylic acids is 4. The molecule has 0 bridgehead atoms. The summed E-state index contributed by atoms with van der Waals surface area (Å²) in [6.45, 7) is 9.96. The summed E-state index contributed by atoms with van der Waals surface area (Å²) < 4.78 is 63.0. The van der Waals surface area contributed by atoms with Crippen molar-refractivity contribution in [3.63, 3.8) is 0 Å². The number of methoxy groups -OCH3 is 4. The highest BCUT2D eigenvalue weighted by Gasteiger charge is 2.23. The summed E-state index contributed by atoms with van der Waals surface area (Å²) in [5.41, 5.74) is 41.3. The zero-order chi connectivity index (χ0) is 88.5. The molecular formula is C102H93F3N12O8. The molecule has 0 radical (unpaired) electrons. The summed E-state index contributed by atoms with van der Waals surface area (Å²) in [6, 6.07) is 71.0. The summed E-state index contributed by atoms with van der Waals surface area (Å²) in [7, 11) is 6.22. The summed E-state index contributed by atoms with van der Waals surface area (Å²) in [6.07, 6.45) is 14.1. The van der Waals surface area contributed by atoms with Gasteiger partial charge in [0.15, 0.2) is 0 Å². The van der Waals surface area contributed by atoms with Crippen LogP contribution in [0.25, 0.3) is 88.1 Å². The topological polar surface area (TPSA) is 312 Å². The second-order valence-corrected chi connectivity index (χ2v) is 30.7. The Morgan fingerprint density at radius 1 is 0.336 bits per heavy atom. The van der Waals surface area contributed by atoms with Crippen LogP contribution in [0.1, 0.15) is 149 Å². The van der Waals surface area contributed by atoms with Crippen LogP contribution in [0, 0.1) is 18.6 Å². The standard InChI is InChI=1S/C26H24FN3O2.C26H25N3O2.2C25H22FN3O2/c1-16(11-17-3-7-20(14-27)29-15-17)19-6-10-22-23(18-4-8-21(32-2)9-5-18)13-25(26(28)31)30-24(22)12-19;1-16(12-18-5-4-17(2)28-15-18)20-8-11-22-23(19-6-9-21(31-3)10-7-19)14-25(26(27)30)29-24(22)13-20;2*1-15(10-16-4-3-9-28-14-16)17-5-7-20-21(13-24(25(27)30)29-23(20)11-17)19-8-6-18(31-2)12-22(19)26/h3-10,12-13,15-16H,11,14H2,1-2H3,(H2,28,31);4-11,13-16H,12H2,1-3H3,(H2,27,30);2*3-9,11-15H,10H2,1-2H3,(H2,27,30). The molecular weight excluding hydrogens is 1580 g/mol. The van der Waals surface area contributed by atoms with E-state index in [0.29, 0.717) is 56.0 Å². The van der Waals surface area contributed by atoms with Crippen LogP contribution in [-0.2, 0) is 32.4 Å². The Morgan fingerprint density at radius 3 is 0.928 bits per heavy atom. The lowest BCUT2D eigenvalue weighted by Gasteiger charge is -2.15. The Morgan fingerprint density at radius 2 is 0.648 bits per heavy atom. The van der Waals surface area contributed by atoms with Crippen LogP contribution in [0.15, 0.2) is 268 Å². The fourth-order valence-electron chi connectivity index (χ4n) is 15.1. The van der Waals surface area contributed by atoms with E-state index in [1.54, 1.807) is 75.3 Å².